The van der Waals surface area contributed by atoms with Crippen LogP contribution in [0.25, 0.3) is 0 Å². The van der Waals surface area contributed by atoms with Crippen LogP contribution in [0.15, 0.2) is 12.2 Å². The monoisotopic (exact) mass is 348 g/mol. The number of Topliss-reactive ketones (excluding diaryl/α,β-unsaturated/α-hetero) is 1. The Balaban J connectivity index is 2.21. The third-order valence-electron chi connectivity index (χ3n) is 7.26. The van der Waals surface area contributed by atoms with Gasteiger partial charge in [-0.2, -0.15) is 0 Å². The molecule has 2 fully saturated rings. The highest BCUT2D eigenvalue weighted by Crippen LogP contribution is 2.62. The summed E-state index contributed by atoms with van der Waals surface area (Å²) >= 11 is 0. The van der Waals surface area contributed by atoms with E-state index in [0.717, 1.165) is 44.9 Å². The van der Waals surface area contributed by atoms with Crippen molar-refractivity contribution in [2.75, 3.05) is 7.11 Å². The lowest BCUT2D eigenvalue weighted by molar-refractivity contribution is -0.168. The number of hydrogen-bond acceptors (Lipinski definition) is 3. The second-order valence-corrected chi connectivity index (χ2v) is 9.16. The predicted octanol–water partition coefficient (Wildman–Crippen LogP) is 5.33. The molecule has 2 rings (SSSR count). The van der Waals surface area contributed by atoms with Crippen molar-refractivity contribution in [3.8, 4) is 0 Å². The zero-order chi connectivity index (χ0) is 18.8. The Morgan fingerprint density at radius 2 is 2.00 bits per heavy atom. The first kappa shape index (κ1) is 20.2. The van der Waals surface area contributed by atoms with Crippen molar-refractivity contribution in [1.82, 2.24) is 0 Å². The van der Waals surface area contributed by atoms with Crippen molar-refractivity contribution < 1.29 is 14.3 Å². The highest BCUT2D eigenvalue weighted by molar-refractivity contribution is 5.77. The SMILES string of the molecule is C=C1CCC2C(C)(C(=O)OC)CCCC2(C)C1CCC(C)CC(C)=O. The number of rotatable bonds is 6. The number of esters is 1. The van der Waals surface area contributed by atoms with E-state index in [-0.39, 0.29) is 22.6 Å². The molecule has 25 heavy (non-hydrogen) atoms. The van der Waals surface area contributed by atoms with Gasteiger partial charge in [0.05, 0.1) is 12.5 Å². The fourth-order valence-corrected chi connectivity index (χ4v) is 6.00. The second-order valence-electron chi connectivity index (χ2n) is 9.16. The van der Waals surface area contributed by atoms with Crippen molar-refractivity contribution in [2.45, 2.75) is 79.1 Å². The molecule has 0 radical (unpaired) electrons. The summed E-state index contributed by atoms with van der Waals surface area (Å²) in [4.78, 5) is 24.0. The quantitative estimate of drug-likeness (QED) is 0.481. The minimum absolute atomic E-state index is 0.0420. The molecular weight excluding hydrogens is 312 g/mol. The Morgan fingerprint density at radius 1 is 1.32 bits per heavy atom. The number of allylic oxidation sites excluding steroid dienone is 1. The van der Waals surface area contributed by atoms with E-state index in [0.29, 0.717) is 24.2 Å². The molecule has 3 heteroatoms. The Morgan fingerprint density at radius 3 is 2.60 bits per heavy atom. The Kier molecular flexibility index (Phi) is 6.17. The molecule has 0 aliphatic heterocycles. The van der Waals surface area contributed by atoms with Crippen LogP contribution in [0, 0.1) is 28.6 Å². The summed E-state index contributed by atoms with van der Waals surface area (Å²) < 4.78 is 5.19. The van der Waals surface area contributed by atoms with Crippen molar-refractivity contribution in [2.24, 2.45) is 28.6 Å². The van der Waals surface area contributed by atoms with E-state index in [1.54, 1.807) is 6.92 Å². The number of carbonyl (C=O) groups is 2. The lowest BCUT2D eigenvalue weighted by Crippen LogP contribution is -2.53. The summed E-state index contributed by atoms with van der Waals surface area (Å²) in [5.41, 5.74) is 1.10. The first-order chi connectivity index (χ1) is 11.6. The summed E-state index contributed by atoms with van der Waals surface area (Å²) in [6.07, 6.45) is 8.02. The summed E-state index contributed by atoms with van der Waals surface area (Å²) in [7, 11) is 1.52. The maximum Gasteiger partial charge on any atom is 0.311 e. The van der Waals surface area contributed by atoms with Crippen LogP contribution < -0.4 is 0 Å². The maximum atomic E-state index is 12.6. The lowest BCUT2D eigenvalue weighted by Gasteiger charge is -2.57. The number of hydrogen-bond donors (Lipinski definition) is 0. The molecule has 142 valence electrons. The Labute approximate surface area is 153 Å². The largest absolute Gasteiger partial charge is 0.469 e. The molecule has 0 saturated heterocycles. The molecule has 2 aliphatic rings. The smallest absolute Gasteiger partial charge is 0.311 e. The molecule has 0 spiro atoms. The summed E-state index contributed by atoms with van der Waals surface area (Å²) in [6.45, 7) is 12.7. The van der Waals surface area contributed by atoms with Crippen molar-refractivity contribution in [1.29, 1.82) is 0 Å². The van der Waals surface area contributed by atoms with E-state index in [4.69, 9.17) is 4.74 Å². The highest BCUT2D eigenvalue weighted by Gasteiger charge is 2.57. The van der Waals surface area contributed by atoms with Gasteiger partial charge in [-0.05, 0) is 75.5 Å². The van der Waals surface area contributed by atoms with Gasteiger partial charge in [-0.15, -0.1) is 0 Å². The molecule has 0 aromatic heterocycles. The zero-order valence-corrected chi connectivity index (χ0v) is 16.8. The highest BCUT2D eigenvalue weighted by atomic mass is 16.5. The van der Waals surface area contributed by atoms with Gasteiger partial charge in [0.2, 0.25) is 0 Å². The average Bonchev–Trinajstić information content (AvgIpc) is 2.52. The van der Waals surface area contributed by atoms with Crippen LogP contribution >= 0.6 is 0 Å². The molecule has 0 aromatic rings. The van der Waals surface area contributed by atoms with E-state index in [2.05, 4.69) is 27.4 Å². The number of ether oxygens (including phenoxy) is 1. The van der Waals surface area contributed by atoms with Crippen LogP contribution in [-0.2, 0) is 14.3 Å². The fraction of sp³-hybridized carbons (Fsp3) is 0.818. The van der Waals surface area contributed by atoms with Crippen LogP contribution in [0.2, 0.25) is 0 Å². The normalized spacial score (nSPS) is 36.4. The second kappa shape index (κ2) is 7.63. The number of ketones is 1. The van der Waals surface area contributed by atoms with Gasteiger partial charge in [0, 0.05) is 6.42 Å². The minimum Gasteiger partial charge on any atom is -0.469 e. The van der Waals surface area contributed by atoms with Gasteiger partial charge in [0.1, 0.15) is 5.78 Å². The summed E-state index contributed by atoms with van der Waals surface area (Å²) in [5, 5.41) is 0. The molecule has 0 amide bonds. The van der Waals surface area contributed by atoms with Gasteiger partial charge in [0.25, 0.3) is 0 Å². The van der Waals surface area contributed by atoms with Gasteiger partial charge in [-0.3, -0.25) is 4.79 Å². The molecule has 0 bridgehead atoms. The van der Waals surface area contributed by atoms with E-state index in [1.165, 1.54) is 12.7 Å². The Bertz CT molecular complexity index is 537. The number of carbonyl (C=O) groups excluding carboxylic acids is 2. The third kappa shape index (κ3) is 3.85. The van der Waals surface area contributed by atoms with E-state index >= 15 is 0 Å². The van der Waals surface area contributed by atoms with Gasteiger partial charge in [0.15, 0.2) is 0 Å². The topological polar surface area (TPSA) is 43.4 Å². The standard InChI is InChI=1S/C22H36O3/c1-15(14-17(3)23)8-10-18-16(2)9-11-19-21(18,4)12-7-13-22(19,5)20(24)25-6/h15,18-19H,2,7-14H2,1,3-6H3. The summed E-state index contributed by atoms with van der Waals surface area (Å²) in [6, 6.07) is 0. The van der Waals surface area contributed by atoms with Crippen LogP contribution in [-0.4, -0.2) is 18.9 Å². The Hall–Kier alpha value is -1.12. The third-order valence-corrected chi connectivity index (χ3v) is 7.26. The van der Waals surface area contributed by atoms with E-state index < -0.39 is 0 Å². The van der Waals surface area contributed by atoms with E-state index in [9.17, 15) is 9.59 Å². The number of methoxy groups -OCH3 is 1. The molecule has 3 nitrogen and oxygen atoms in total. The molecular formula is C22H36O3. The van der Waals surface area contributed by atoms with Gasteiger partial charge in [-0.1, -0.05) is 32.4 Å². The van der Waals surface area contributed by atoms with Gasteiger partial charge >= 0.3 is 5.97 Å². The van der Waals surface area contributed by atoms with Crippen molar-refractivity contribution >= 4 is 11.8 Å². The van der Waals surface area contributed by atoms with E-state index in [1.807, 2.05) is 0 Å². The number of fused-ring (bicyclic) bond motifs is 1. The minimum atomic E-state index is -0.369. The molecule has 5 unspecified atom stereocenters. The molecule has 0 aromatic carbocycles. The molecule has 2 aliphatic carbocycles. The lowest BCUT2D eigenvalue weighted by atomic mass is 9.46. The van der Waals surface area contributed by atoms with Crippen LogP contribution in [0.4, 0.5) is 0 Å². The first-order valence-corrected chi connectivity index (χ1v) is 9.90. The van der Waals surface area contributed by atoms with Crippen molar-refractivity contribution in [3.05, 3.63) is 12.2 Å². The molecule has 0 N–H and O–H groups in total. The van der Waals surface area contributed by atoms with Gasteiger partial charge < -0.3 is 9.53 Å². The van der Waals surface area contributed by atoms with Crippen molar-refractivity contribution in [3.63, 3.8) is 0 Å². The van der Waals surface area contributed by atoms with Gasteiger partial charge in [-0.25, -0.2) is 0 Å². The summed E-state index contributed by atoms with van der Waals surface area (Å²) in [5.74, 6) is 1.46. The first-order valence-electron chi connectivity index (χ1n) is 9.90. The molecule has 2 saturated carbocycles. The van der Waals surface area contributed by atoms with Crippen LogP contribution in [0.3, 0.4) is 0 Å². The molecule has 5 atom stereocenters. The predicted molar refractivity (Wildman–Crippen MR) is 101 cm³/mol. The zero-order valence-electron chi connectivity index (χ0n) is 16.8. The van der Waals surface area contributed by atoms with Crippen LogP contribution in [0.5, 0.6) is 0 Å². The molecule has 0 heterocycles. The average molecular weight is 349 g/mol. The fourth-order valence-electron chi connectivity index (χ4n) is 6.00. The maximum absolute atomic E-state index is 12.6. The van der Waals surface area contributed by atoms with Crippen LogP contribution in [0.1, 0.15) is 79.1 Å².